The van der Waals surface area contributed by atoms with Crippen LogP contribution in [0, 0.1) is 5.92 Å². The molecule has 0 saturated heterocycles. The average molecular weight is 194 g/mol. The summed E-state index contributed by atoms with van der Waals surface area (Å²) in [6.07, 6.45) is 10.0. The maximum atomic E-state index is 5.63. The van der Waals surface area contributed by atoms with Crippen molar-refractivity contribution in [1.82, 2.24) is 14.8 Å². The molecule has 0 radical (unpaired) electrons. The lowest BCUT2D eigenvalue weighted by atomic mass is 9.82. The molecule has 2 atom stereocenters. The van der Waals surface area contributed by atoms with Gasteiger partial charge >= 0.3 is 0 Å². The Kier molecular flexibility index (Phi) is 3.14. The Bertz CT molecular complexity index is 255. The molecule has 0 spiro atoms. The highest BCUT2D eigenvalue weighted by Gasteiger charge is 2.25. The molecule has 1 aromatic heterocycles. The summed E-state index contributed by atoms with van der Waals surface area (Å²) in [6.45, 7) is 0.795. The average Bonchev–Trinajstić information content (AvgIpc) is 2.72. The first kappa shape index (κ1) is 9.65. The molecule has 14 heavy (non-hydrogen) atoms. The van der Waals surface area contributed by atoms with Crippen molar-refractivity contribution in [3.05, 3.63) is 12.7 Å². The van der Waals surface area contributed by atoms with Gasteiger partial charge in [0.1, 0.15) is 12.7 Å². The van der Waals surface area contributed by atoms with Crippen molar-refractivity contribution in [3.63, 3.8) is 0 Å². The Morgan fingerprint density at radius 2 is 1.93 bits per heavy atom. The van der Waals surface area contributed by atoms with E-state index in [-0.39, 0.29) is 0 Å². The highest BCUT2D eigenvalue weighted by molar-refractivity contribution is 4.82. The number of nitrogens with zero attached hydrogens (tertiary/aromatic N) is 3. The van der Waals surface area contributed by atoms with Crippen LogP contribution in [0.3, 0.4) is 0 Å². The summed E-state index contributed by atoms with van der Waals surface area (Å²) < 4.78 is 2.15. The lowest BCUT2D eigenvalue weighted by molar-refractivity contribution is 0.228. The van der Waals surface area contributed by atoms with Gasteiger partial charge < -0.3 is 10.3 Å². The van der Waals surface area contributed by atoms with Gasteiger partial charge in [0.15, 0.2) is 0 Å². The third kappa shape index (κ3) is 1.95. The Labute approximate surface area is 84.5 Å². The van der Waals surface area contributed by atoms with Crippen LogP contribution >= 0.6 is 0 Å². The fourth-order valence-electron chi connectivity index (χ4n) is 2.51. The number of nitrogens with two attached hydrogens (primary N) is 1. The first-order valence-electron chi connectivity index (χ1n) is 5.46. The third-order valence-corrected chi connectivity index (χ3v) is 3.23. The van der Waals surface area contributed by atoms with Crippen molar-refractivity contribution in [2.24, 2.45) is 11.7 Å². The van der Waals surface area contributed by atoms with Crippen LogP contribution in [0.15, 0.2) is 12.7 Å². The van der Waals surface area contributed by atoms with E-state index in [1.165, 1.54) is 25.7 Å². The van der Waals surface area contributed by atoms with Gasteiger partial charge in [-0.3, -0.25) is 0 Å². The molecule has 0 amide bonds. The summed E-state index contributed by atoms with van der Waals surface area (Å²) in [5, 5.41) is 7.75. The second-order valence-electron chi connectivity index (χ2n) is 4.10. The predicted molar refractivity (Wildman–Crippen MR) is 54.7 cm³/mol. The Morgan fingerprint density at radius 3 is 2.64 bits per heavy atom. The van der Waals surface area contributed by atoms with Crippen LogP contribution in [0.4, 0.5) is 0 Å². The van der Waals surface area contributed by atoms with E-state index in [2.05, 4.69) is 14.8 Å². The smallest absolute Gasteiger partial charge is 0.119 e. The fraction of sp³-hybridized carbons (Fsp3) is 0.800. The SMILES string of the molecule is NCCC1CCCCC1n1cnnc1. The predicted octanol–water partition coefficient (Wildman–Crippen LogP) is 1.36. The molecule has 4 heteroatoms. The molecular formula is C10H18N4. The maximum absolute atomic E-state index is 5.63. The summed E-state index contributed by atoms with van der Waals surface area (Å²) in [5.74, 6) is 0.727. The fourth-order valence-corrected chi connectivity index (χ4v) is 2.51. The number of aromatic nitrogens is 3. The Balaban J connectivity index is 2.06. The third-order valence-electron chi connectivity index (χ3n) is 3.23. The molecule has 0 aliphatic heterocycles. The van der Waals surface area contributed by atoms with E-state index in [1.54, 1.807) is 0 Å². The van der Waals surface area contributed by atoms with Gasteiger partial charge in [0.05, 0.1) is 0 Å². The monoisotopic (exact) mass is 194 g/mol. The largest absolute Gasteiger partial charge is 0.330 e. The topological polar surface area (TPSA) is 56.7 Å². The minimum atomic E-state index is 0.585. The summed E-state index contributed by atoms with van der Waals surface area (Å²) in [5.41, 5.74) is 5.63. The van der Waals surface area contributed by atoms with Crippen molar-refractivity contribution in [1.29, 1.82) is 0 Å². The van der Waals surface area contributed by atoms with Gasteiger partial charge in [-0.1, -0.05) is 12.8 Å². The van der Waals surface area contributed by atoms with Crippen LogP contribution in [-0.2, 0) is 0 Å². The van der Waals surface area contributed by atoms with Gasteiger partial charge in [-0.15, -0.1) is 10.2 Å². The maximum Gasteiger partial charge on any atom is 0.119 e. The van der Waals surface area contributed by atoms with E-state index < -0.39 is 0 Å². The van der Waals surface area contributed by atoms with Gasteiger partial charge in [0, 0.05) is 6.04 Å². The second-order valence-corrected chi connectivity index (χ2v) is 4.10. The Hall–Kier alpha value is -0.900. The zero-order valence-corrected chi connectivity index (χ0v) is 8.47. The van der Waals surface area contributed by atoms with E-state index in [4.69, 9.17) is 5.73 Å². The van der Waals surface area contributed by atoms with Crippen LogP contribution < -0.4 is 5.73 Å². The summed E-state index contributed by atoms with van der Waals surface area (Å²) in [6, 6.07) is 0.585. The summed E-state index contributed by atoms with van der Waals surface area (Å²) in [4.78, 5) is 0. The highest BCUT2D eigenvalue weighted by atomic mass is 15.2. The molecule has 1 aromatic rings. The zero-order chi connectivity index (χ0) is 9.80. The molecular weight excluding hydrogens is 176 g/mol. The molecule has 2 rings (SSSR count). The normalized spacial score (nSPS) is 27.8. The molecule has 0 aromatic carbocycles. The van der Waals surface area contributed by atoms with E-state index in [1.807, 2.05) is 12.7 Å². The van der Waals surface area contributed by atoms with Crippen LogP contribution in [0.1, 0.15) is 38.1 Å². The molecule has 1 heterocycles. The molecule has 1 saturated carbocycles. The minimum Gasteiger partial charge on any atom is -0.330 e. The first-order chi connectivity index (χ1) is 6.92. The van der Waals surface area contributed by atoms with Gasteiger partial charge in [-0.05, 0) is 31.7 Å². The van der Waals surface area contributed by atoms with E-state index in [9.17, 15) is 0 Å². The molecule has 1 fully saturated rings. The highest BCUT2D eigenvalue weighted by Crippen LogP contribution is 2.35. The quantitative estimate of drug-likeness (QED) is 0.790. The number of hydrogen-bond acceptors (Lipinski definition) is 3. The molecule has 1 aliphatic carbocycles. The summed E-state index contributed by atoms with van der Waals surface area (Å²) in [7, 11) is 0. The molecule has 2 N–H and O–H groups in total. The van der Waals surface area contributed by atoms with Crippen LogP contribution in [0.25, 0.3) is 0 Å². The van der Waals surface area contributed by atoms with Crippen molar-refractivity contribution >= 4 is 0 Å². The van der Waals surface area contributed by atoms with Gasteiger partial charge in [0.25, 0.3) is 0 Å². The van der Waals surface area contributed by atoms with Crippen LogP contribution in [0.2, 0.25) is 0 Å². The lowest BCUT2D eigenvalue weighted by Crippen LogP contribution is -2.24. The Morgan fingerprint density at radius 1 is 1.21 bits per heavy atom. The molecule has 0 bridgehead atoms. The van der Waals surface area contributed by atoms with Crippen molar-refractivity contribution in [2.75, 3.05) is 6.54 Å². The van der Waals surface area contributed by atoms with Crippen LogP contribution in [-0.4, -0.2) is 21.3 Å². The second kappa shape index (κ2) is 4.55. The lowest BCUT2D eigenvalue weighted by Gasteiger charge is -2.31. The van der Waals surface area contributed by atoms with Crippen molar-refractivity contribution < 1.29 is 0 Å². The van der Waals surface area contributed by atoms with Gasteiger partial charge in [0.2, 0.25) is 0 Å². The van der Waals surface area contributed by atoms with E-state index in [0.717, 1.165) is 18.9 Å². The minimum absolute atomic E-state index is 0.585. The van der Waals surface area contributed by atoms with Crippen molar-refractivity contribution in [3.8, 4) is 0 Å². The standard InChI is InChI=1S/C10H18N4/c11-6-5-9-3-1-2-4-10(9)14-7-12-13-8-14/h7-10H,1-6,11H2. The summed E-state index contributed by atoms with van der Waals surface area (Å²) >= 11 is 0. The van der Waals surface area contributed by atoms with Gasteiger partial charge in [-0.25, -0.2) is 0 Å². The first-order valence-corrected chi connectivity index (χ1v) is 5.46. The van der Waals surface area contributed by atoms with Crippen LogP contribution in [0.5, 0.6) is 0 Å². The van der Waals surface area contributed by atoms with E-state index >= 15 is 0 Å². The number of hydrogen-bond donors (Lipinski definition) is 1. The number of rotatable bonds is 3. The zero-order valence-electron chi connectivity index (χ0n) is 8.47. The molecule has 2 unspecified atom stereocenters. The van der Waals surface area contributed by atoms with Gasteiger partial charge in [-0.2, -0.15) is 0 Å². The molecule has 78 valence electrons. The van der Waals surface area contributed by atoms with E-state index in [0.29, 0.717) is 6.04 Å². The molecule has 4 nitrogen and oxygen atoms in total. The van der Waals surface area contributed by atoms with Crippen molar-refractivity contribution in [2.45, 2.75) is 38.1 Å². The molecule has 1 aliphatic rings.